The van der Waals surface area contributed by atoms with Crippen LogP contribution in [0, 0.1) is 11.3 Å². The van der Waals surface area contributed by atoms with Crippen LogP contribution in [0.3, 0.4) is 0 Å². The summed E-state index contributed by atoms with van der Waals surface area (Å²) in [6.07, 6.45) is 4.61. The molecule has 4 aromatic rings. The molecular weight excluding hydrogens is 422 g/mol. The zero-order valence-electron chi connectivity index (χ0n) is 19.9. The molecule has 0 unspecified atom stereocenters. The largest absolute Gasteiger partial charge is 0.371 e. The Labute approximate surface area is 200 Å². The van der Waals surface area contributed by atoms with Gasteiger partial charge in [-0.25, -0.2) is 9.48 Å². The van der Waals surface area contributed by atoms with Crippen LogP contribution in [0.25, 0.3) is 28.3 Å². The number of fused-ring (bicyclic) bond motifs is 5. The Morgan fingerprint density at radius 1 is 1.00 bits per heavy atom. The van der Waals surface area contributed by atoms with E-state index in [0.29, 0.717) is 11.6 Å². The number of benzene rings is 2. The molecular formula is C27H29N7. The summed E-state index contributed by atoms with van der Waals surface area (Å²) in [5, 5.41) is 13.8. The number of piperidine rings is 1. The van der Waals surface area contributed by atoms with E-state index in [1.165, 1.54) is 29.8 Å². The van der Waals surface area contributed by atoms with Crippen molar-refractivity contribution in [1.82, 2.24) is 24.0 Å². The summed E-state index contributed by atoms with van der Waals surface area (Å²) >= 11 is 0. The number of aryl methyl sites for hydroxylation is 1. The van der Waals surface area contributed by atoms with Crippen molar-refractivity contribution >= 4 is 5.69 Å². The van der Waals surface area contributed by atoms with Gasteiger partial charge < -0.3 is 14.4 Å². The highest BCUT2D eigenvalue weighted by Gasteiger charge is 2.27. The van der Waals surface area contributed by atoms with Crippen LogP contribution in [-0.4, -0.2) is 57.3 Å². The Morgan fingerprint density at radius 2 is 1.76 bits per heavy atom. The number of hydrogen-bond donors (Lipinski definition) is 0. The highest BCUT2D eigenvalue weighted by molar-refractivity contribution is 5.72. The third-order valence-electron chi connectivity index (χ3n) is 7.39. The molecule has 0 spiro atoms. The molecule has 0 radical (unpaired) electrons. The lowest BCUT2D eigenvalue weighted by atomic mass is 10.0. The molecule has 2 aliphatic rings. The van der Waals surface area contributed by atoms with E-state index in [9.17, 15) is 0 Å². The SMILES string of the molecule is CN(C)C1CCN(c2ccc3c(c2)Cn2cc(-c4ccc(C#N)cc4)cc2-c2nn(C)n2-3)CC1. The third kappa shape index (κ3) is 3.34. The van der Waals surface area contributed by atoms with Crippen LogP contribution in [0.4, 0.5) is 5.69 Å². The number of anilines is 1. The zero-order valence-corrected chi connectivity index (χ0v) is 19.9. The molecule has 2 aromatic carbocycles. The van der Waals surface area contributed by atoms with Crippen LogP contribution in [0.15, 0.2) is 54.7 Å². The fraction of sp³-hybridized carbons (Fsp3) is 0.333. The fourth-order valence-corrected chi connectivity index (χ4v) is 5.40. The molecule has 0 atom stereocenters. The van der Waals surface area contributed by atoms with Crippen molar-refractivity contribution in [3.63, 3.8) is 0 Å². The van der Waals surface area contributed by atoms with Crippen molar-refractivity contribution in [3.8, 4) is 34.4 Å². The van der Waals surface area contributed by atoms with E-state index >= 15 is 0 Å². The van der Waals surface area contributed by atoms with Crippen LogP contribution >= 0.6 is 0 Å². The van der Waals surface area contributed by atoms with Crippen molar-refractivity contribution < 1.29 is 0 Å². The number of rotatable bonds is 3. The Morgan fingerprint density at radius 3 is 2.44 bits per heavy atom. The number of nitrogens with zero attached hydrogens (tertiary/aromatic N) is 7. The maximum Gasteiger partial charge on any atom is 0.199 e. The highest BCUT2D eigenvalue weighted by atomic mass is 15.6. The van der Waals surface area contributed by atoms with E-state index in [0.717, 1.165) is 42.3 Å². The molecule has 0 saturated carbocycles. The van der Waals surface area contributed by atoms with E-state index in [1.807, 2.05) is 36.1 Å². The van der Waals surface area contributed by atoms with E-state index in [4.69, 9.17) is 10.4 Å². The Kier molecular flexibility index (Phi) is 4.85. The Balaban J connectivity index is 1.36. The second kappa shape index (κ2) is 7.93. The minimum Gasteiger partial charge on any atom is -0.371 e. The van der Waals surface area contributed by atoms with Gasteiger partial charge in [-0.3, -0.25) is 0 Å². The van der Waals surface area contributed by atoms with Crippen LogP contribution in [0.1, 0.15) is 24.0 Å². The molecule has 172 valence electrons. The second-order valence-electron chi connectivity index (χ2n) is 9.65. The molecule has 7 heteroatoms. The first-order chi connectivity index (χ1) is 16.5. The maximum absolute atomic E-state index is 9.12. The van der Waals surface area contributed by atoms with Crippen molar-refractivity contribution in [2.75, 3.05) is 32.1 Å². The Bertz CT molecular complexity index is 1390. The predicted octanol–water partition coefficient (Wildman–Crippen LogP) is 4.11. The molecule has 0 aliphatic carbocycles. The maximum atomic E-state index is 9.12. The average molecular weight is 452 g/mol. The van der Waals surface area contributed by atoms with Crippen molar-refractivity contribution in [2.24, 2.45) is 7.05 Å². The summed E-state index contributed by atoms with van der Waals surface area (Å²) in [7, 11) is 6.37. The molecule has 34 heavy (non-hydrogen) atoms. The van der Waals surface area contributed by atoms with E-state index in [2.05, 4.69) is 69.7 Å². The number of nitriles is 1. The van der Waals surface area contributed by atoms with E-state index in [-0.39, 0.29) is 0 Å². The highest BCUT2D eigenvalue weighted by Crippen LogP contribution is 2.36. The average Bonchev–Trinajstić information content (AvgIpc) is 3.22. The van der Waals surface area contributed by atoms with Crippen LogP contribution in [0.2, 0.25) is 0 Å². The van der Waals surface area contributed by atoms with Gasteiger partial charge in [0.25, 0.3) is 0 Å². The predicted molar refractivity (Wildman–Crippen MR) is 134 cm³/mol. The van der Waals surface area contributed by atoms with E-state index < -0.39 is 0 Å². The van der Waals surface area contributed by atoms with Gasteiger partial charge in [-0.15, -0.1) is 5.10 Å². The summed E-state index contributed by atoms with van der Waals surface area (Å²) in [6.45, 7) is 2.98. The summed E-state index contributed by atoms with van der Waals surface area (Å²) < 4.78 is 4.51. The first kappa shape index (κ1) is 20.8. The standard InChI is InChI=1S/C27H29N7/c1-30(2)23-10-12-32(13-11-23)24-8-9-25-22(14-24)18-33-17-21(20-6-4-19(16-28)5-7-20)15-26(33)27-29-31(3)34(25)27/h4-9,14-15,17,23H,10-13,18H2,1-3H3. The van der Waals surface area contributed by atoms with Gasteiger partial charge in [0.1, 0.15) is 0 Å². The summed E-state index contributed by atoms with van der Waals surface area (Å²) in [5.74, 6) is 0.973. The van der Waals surface area contributed by atoms with Crippen molar-refractivity contribution in [2.45, 2.75) is 25.4 Å². The van der Waals surface area contributed by atoms with Crippen LogP contribution in [0.5, 0.6) is 0 Å². The lowest BCUT2D eigenvalue weighted by molar-refractivity contribution is 0.249. The van der Waals surface area contributed by atoms with Gasteiger partial charge in [0.2, 0.25) is 0 Å². The summed E-state index contributed by atoms with van der Waals surface area (Å²) in [5.41, 5.74) is 7.84. The smallest absolute Gasteiger partial charge is 0.199 e. The lowest BCUT2D eigenvalue weighted by Gasteiger charge is -2.36. The molecule has 2 aliphatic heterocycles. The monoisotopic (exact) mass is 451 g/mol. The quantitative estimate of drug-likeness (QED) is 0.414. The van der Waals surface area contributed by atoms with Gasteiger partial charge in [-0.1, -0.05) is 12.1 Å². The van der Waals surface area contributed by atoms with Crippen molar-refractivity contribution in [3.05, 3.63) is 65.9 Å². The van der Waals surface area contributed by atoms with Gasteiger partial charge in [-0.2, -0.15) is 5.26 Å². The molecule has 0 bridgehead atoms. The summed E-state index contributed by atoms with van der Waals surface area (Å²) in [6, 6.07) is 19.7. The van der Waals surface area contributed by atoms with Crippen LogP contribution in [-0.2, 0) is 13.6 Å². The molecule has 4 heterocycles. The van der Waals surface area contributed by atoms with Gasteiger partial charge in [0.05, 0.1) is 23.0 Å². The molecule has 1 fully saturated rings. The van der Waals surface area contributed by atoms with Crippen molar-refractivity contribution in [1.29, 1.82) is 5.26 Å². The number of aromatic nitrogens is 4. The minimum absolute atomic E-state index is 0.675. The fourth-order valence-electron chi connectivity index (χ4n) is 5.40. The topological polar surface area (TPSA) is 58.0 Å². The Hall–Kier alpha value is -3.76. The van der Waals surface area contributed by atoms with Gasteiger partial charge in [-0.05, 0) is 74.5 Å². The van der Waals surface area contributed by atoms with Gasteiger partial charge in [0.15, 0.2) is 5.82 Å². The molecule has 2 aromatic heterocycles. The third-order valence-corrected chi connectivity index (χ3v) is 7.39. The lowest BCUT2D eigenvalue weighted by Crippen LogP contribution is -2.42. The zero-order chi connectivity index (χ0) is 23.4. The second-order valence-corrected chi connectivity index (χ2v) is 9.65. The molecule has 0 amide bonds. The molecule has 6 rings (SSSR count). The molecule has 7 nitrogen and oxygen atoms in total. The van der Waals surface area contributed by atoms with E-state index in [1.54, 1.807) is 0 Å². The van der Waals surface area contributed by atoms with Crippen LogP contribution < -0.4 is 4.90 Å². The normalized spacial score (nSPS) is 15.6. The first-order valence-corrected chi connectivity index (χ1v) is 11.9. The molecule has 0 N–H and O–H groups in total. The first-order valence-electron chi connectivity index (χ1n) is 11.9. The summed E-state index contributed by atoms with van der Waals surface area (Å²) in [4.78, 5) is 6.80. The minimum atomic E-state index is 0.675. The number of hydrogen-bond acceptors (Lipinski definition) is 4. The van der Waals surface area contributed by atoms with Gasteiger partial charge in [0, 0.05) is 50.2 Å². The van der Waals surface area contributed by atoms with Gasteiger partial charge >= 0.3 is 0 Å². The molecule has 1 saturated heterocycles.